The molecule has 0 aliphatic carbocycles. The maximum absolute atomic E-state index is 5.44. The lowest BCUT2D eigenvalue weighted by molar-refractivity contribution is -0.170. The average molecular weight is 208 g/mol. The number of aromatic nitrogens is 2. The van der Waals surface area contributed by atoms with Crippen LogP contribution in [0.4, 0.5) is 0 Å². The molecule has 2 rings (SSSR count). The second-order valence-corrected chi connectivity index (χ2v) is 3.06. The minimum Gasteiger partial charge on any atom is -0.352 e. The normalized spacial score (nSPS) is 25.3. The van der Waals surface area contributed by atoms with Crippen molar-refractivity contribution in [2.24, 2.45) is 0 Å². The van der Waals surface area contributed by atoms with E-state index in [1.807, 2.05) is 12.1 Å². The highest BCUT2D eigenvalue weighted by atomic mass is 16.8. The first-order chi connectivity index (χ1) is 7.35. The lowest BCUT2D eigenvalue weighted by Gasteiger charge is -2.13. The molecular formula is C10H12N2O3. The van der Waals surface area contributed by atoms with Gasteiger partial charge in [0.15, 0.2) is 12.6 Å². The van der Waals surface area contributed by atoms with Gasteiger partial charge >= 0.3 is 0 Å². The van der Waals surface area contributed by atoms with Crippen LogP contribution in [-0.4, -0.2) is 37.0 Å². The van der Waals surface area contributed by atoms with E-state index in [0.29, 0.717) is 0 Å². The molecule has 0 radical (unpaired) electrons. The first-order valence-corrected chi connectivity index (χ1v) is 4.55. The van der Waals surface area contributed by atoms with E-state index in [4.69, 9.17) is 14.2 Å². The molecule has 5 nitrogen and oxygen atoms in total. The summed E-state index contributed by atoms with van der Waals surface area (Å²) in [6.07, 6.45) is 4.39. The van der Waals surface area contributed by atoms with Gasteiger partial charge in [0.25, 0.3) is 0 Å². The van der Waals surface area contributed by atoms with Gasteiger partial charge in [-0.15, -0.1) is 0 Å². The summed E-state index contributed by atoms with van der Waals surface area (Å²) in [5.74, 6) is 0. The molecule has 0 amide bonds. The number of methoxy groups -OCH3 is 2. The molecule has 1 aromatic rings. The van der Waals surface area contributed by atoms with Crippen LogP contribution in [0.5, 0.6) is 0 Å². The summed E-state index contributed by atoms with van der Waals surface area (Å²) in [5.41, 5.74) is 1.84. The molecule has 0 bridgehead atoms. The second kappa shape index (κ2) is 4.48. The van der Waals surface area contributed by atoms with Crippen LogP contribution in [0.1, 0.15) is 5.56 Å². The van der Waals surface area contributed by atoms with Crippen LogP contribution < -0.4 is 0 Å². The summed E-state index contributed by atoms with van der Waals surface area (Å²) in [6.45, 7) is 0. The third-order valence-corrected chi connectivity index (χ3v) is 2.19. The van der Waals surface area contributed by atoms with Crippen molar-refractivity contribution in [3.05, 3.63) is 30.1 Å². The Kier molecular flexibility index (Phi) is 3.05. The first-order valence-electron chi connectivity index (χ1n) is 4.55. The van der Waals surface area contributed by atoms with E-state index in [1.165, 1.54) is 0 Å². The van der Waals surface area contributed by atoms with E-state index in [-0.39, 0.29) is 6.29 Å². The molecule has 5 heteroatoms. The SMILES string of the molecule is COC1C=C(c2ccnnc2)C(OC)O1. The summed E-state index contributed by atoms with van der Waals surface area (Å²) < 4.78 is 15.7. The number of hydrogen-bond donors (Lipinski definition) is 0. The van der Waals surface area contributed by atoms with E-state index in [9.17, 15) is 0 Å². The molecule has 80 valence electrons. The lowest BCUT2D eigenvalue weighted by Crippen LogP contribution is -2.16. The third kappa shape index (κ3) is 2.04. The Morgan fingerprint density at radius 3 is 2.73 bits per heavy atom. The van der Waals surface area contributed by atoms with E-state index >= 15 is 0 Å². The van der Waals surface area contributed by atoms with Gasteiger partial charge in [0.2, 0.25) is 0 Å². The van der Waals surface area contributed by atoms with E-state index in [2.05, 4.69) is 10.2 Å². The van der Waals surface area contributed by atoms with Gasteiger partial charge in [0, 0.05) is 25.4 Å². The average Bonchev–Trinajstić information content (AvgIpc) is 2.73. The zero-order valence-electron chi connectivity index (χ0n) is 8.58. The standard InChI is InChI=1S/C10H12N2O3/c1-13-9-5-8(10(14-2)15-9)7-3-4-11-12-6-7/h3-6,9-10H,1-2H3. The predicted octanol–water partition coefficient (Wildman–Crippen LogP) is 0.835. The molecule has 1 aliphatic rings. The van der Waals surface area contributed by atoms with Gasteiger partial charge in [-0.2, -0.15) is 10.2 Å². The largest absolute Gasteiger partial charge is 0.352 e. The zero-order chi connectivity index (χ0) is 10.7. The van der Waals surface area contributed by atoms with E-state index in [1.54, 1.807) is 26.6 Å². The Morgan fingerprint density at radius 2 is 2.13 bits per heavy atom. The monoisotopic (exact) mass is 208 g/mol. The van der Waals surface area contributed by atoms with Crippen LogP contribution in [-0.2, 0) is 14.2 Å². The van der Waals surface area contributed by atoms with E-state index in [0.717, 1.165) is 11.1 Å². The van der Waals surface area contributed by atoms with Gasteiger partial charge in [-0.25, -0.2) is 0 Å². The quantitative estimate of drug-likeness (QED) is 0.736. The number of nitrogens with zero attached hydrogens (tertiary/aromatic N) is 2. The Labute approximate surface area is 87.7 Å². The molecule has 0 saturated heterocycles. The van der Waals surface area contributed by atoms with Crippen LogP contribution in [0.3, 0.4) is 0 Å². The summed E-state index contributed by atoms with van der Waals surface area (Å²) in [5, 5.41) is 7.52. The Bertz CT molecular complexity index is 353. The van der Waals surface area contributed by atoms with Crippen molar-refractivity contribution in [1.29, 1.82) is 0 Å². The smallest absolute Gasteiger partial charge is 0.187 e. The molecule has 0 N–H and O–H groups in total. The van der Waals surface area contributed by atoms with Crippen molar-refractivity contribution < 1.29 is 14.2 Å². The lowest BCUT2D eigenvalue weighted by atomic mass is 10.1. The molecule has 0 aromatic carbocycles. The highest BCUT2D eigenvalue weighted by Gasteiger charge is 2.27. The molecule has 1 aromatic heterocycles. The van der Waals surface area contributed by atoms with Crippen molar-refractivity contribution in [1.82, 2.24) is 10.2 Å². The van der Waals surface area contributed by atoms with Gasteiger partial charge in [-0.1, -0.05) is 0 Å². The second-order valence-electron chi connectivity index (χ2n) is 3.06. The fourth-order valence-electron chi connectivity index (χ4n) is 1.46. The fraction of sp³-hybridized carbons (Fsp3) is 0.400. The molecular weight excluding hydrogens is 196 g/mol. The van der Waals surface area contributed by atoms with Crippen molar-refractivity contribution in [3.8, 4) is 0 Å². The Hall–Kier alpha value is -1.30. The highest BCUT2D eigenvalue weighted by molar-refractivity contribution is 5.68. The third-order valence-electron chi connectivity index (χ3n) is 2.19. The minimum absolute atomic E-state index is 0.363. The van der Waals surface area contributed by atoms with Crippen LogP contribution >= 0.6 is 0 Å². The highest BCUT2D eigenvalue weighted by Crippen LogP contribution is 2.28. The molecule has 0 saturated carbocycles. The van der Waals surface area contributed by atoms with Crippen LogP contribution in [0, 0.1) is 0 Å². The van der Waals surface area contributed by atoms with Gasteiger partial charge in [-0.3, -0.25) is 0 Å². The maximum atomic E-state index is 5.44. The molecule has 1 aliphatic heterocycles. The summed E-state index contributed by atoms with van der Waals surface area (Å²) in [7, 11) is 3.17. The molecule has 2 heterocycles. The number of hydrogen-bond acceptors (Lipinski definition) is 5. The van der Waals surface area contributed by atoms with Gasteiger partial charge in [0.05, 0.1) is 12.4 Å². The van der Waals surface area contributed by atoms with Gasteiger partial charge in [0.1, 0.15) is 0 Å². The first kappa shape index (κ1) is 10.2. The van der Waals surface area contributed by atoms with Crippen LogP contribution in [0.2, 0.25) is 0 Å². The molecule has 15 heavy (non-hydrogen) atoms. The summed E-state index contributed by atoms with van der Waals surface area (Å²) in [4.78, 5) is 0. The molecule has 2 atom stereocenters. The minimum atomic E-state index is -0.404. The van der Waals surface area contributed by atoms with Crippen molar-refractivity contribution >= 4 is 5.57 Å². The van der Waals surface area contributed by atoms with Crippen LogP contribution in [0.25, 0.3) is 5.57 Å². The summed E-state index contributed by atoms with van der Waals surface area (Å²) in [6, 6.07) is 1.85. The van der Waals surface area contributed by atoms with Crippen molar-refractivity contribution in [3.63, 3.8) is 0 Å². The number of ether oxygens (including phenoxy) is 3. The Balaban J connectivity index is 2.27. The molecule has 2 unspecified atom stereocenters. The number of rotatable bonds is 3. The van der Waals surface area contributed by atoms with Gasteiger partial charge < -0.3 is 14.2 Å². The Morgan fingerprint density at radius 1 is 1.27 bits per heavy atom. The van der Waals surface area contributed by atoms with Crippen molar-refractivity contribution in [2.45, 2.75) is 12.6 Å². The predicted molar refractivity (Wildman–Crippen MR) is 52.7 cm³/mol. The van der Waals surface area contributed by atoms with Gasteiger partial charge in [-0.05, 0) is 12.1 Å². The molecule has 0 spiro atoms. The zero-order valence-corrected chi connectivity index (χ0v) is 8.58. The summed E-state index contributed by atoms with van der Waals surface area (Å²) >= 11 is 0. The topological polar surface area (TPSA) is 53.5 Å². The molecule has 0 fully saturated rings. The maximum Gasteiger partial charge on any atom is 0.187 e. The van der Waals surface area contributed by atoms with Crippen LogP contribution in [0.15, 0.2) is 24.5 Å². The fourth-order valence-corrected chi connectivity index (χ4v) is 1.46. The van der Waals surface area contributed by atoms with Crippen molar-refractivity contribution in [2.75, 3.05) is 14.2 Å². The van der Waals surface area contributed by atoms with E-state index < -0.39 is 6.29 Å².